The van der Waals surface area contributed by atoms with Crippen LogP contribution in [0.1, 0.15) is 12.5 Å². The minimum absolute atomic E-state index is 0.701. The third-order valence-corrected chi connectivity index (χ3v) is 2.72. The summed E-state index contributed by atoms with van der Waals surface area (Å²) in [6.07, 6.45) is 1.97. The van der Waals surface area contributed by atoms with E-state index >= 15 is 0 Å². The van der Waals surface area contributed by atoms with Gasteiger partial charge in [-0.2, -0.15) is 5.26 Å². The van der Waals surface area contributed by atoms with Crippen molar-refractivity contribution in [2.45, 2.75) is 11.8 Å². The number of rotatable bonds is 4. The molecule has 0 heterocycles. The van der Waals surface area contributed by atoms with Crippen LogP contribution in [0.15, 0.2) is 35.2 Å². The molecule has 0 unspecified atom stereocenters. The topological polar surface area (TPSA) is 35.8 Å². The Bertz CT molecular complexity index is 405. The van der Waals surface area contributed by atoms with Gasteiger partial charge in [0.15, 0.2) is 0 Å². The van der Waals surface area contributed by atoms with Crippen molar-refractivity contribution in [1.82, 2.24) is 0 Å². The Kier molecular flexibility index (Phi) is 4.26. The minimum atomic E-state index is 0.701. The quantitative estimate of drug-likeness (QED) is 0.622. The van der Waals surface area contributed by atoms with Gasteiger partial charge in [-0.1, -0.05) is 18.2 Å². The molecule has 3 heteroatoms. The molecule has 15 heavy (non-hydrogen) atoms. The highest BCUT2D eigenvalue weighted by atomic mass is 32.2. The van der Waals surface area contributed by atoms with Crippen molar-refractivity contribution in [3.63, 3.8) is 0 Å². The zero-order valence-electron chi connectivity index (χ0n) is 9.00. The van der Waals surface area contributed by atoms with E-state index in [9.17, 15) is 0 Å². The van der Waals surface area contributed by atoms with E-state index in [2.05, 4.69) is 18.0 Å². The number of benzene rings is 1. The van der Waals surface area contributed by atoms with Gasteiger partial charge in [-0.3, -0.25) is 0 Å². The van der Waals surface area contributed by atoms with Gasteiger partial charge >= 0.3 is 0 Å². The average molecular weight is 218 g/mol. The normalized spacial score (nSPS) is 9.40. The lowest BCUT2D eigenvalue weighted by molar-refractivity contribution is 1.20. The van der Waals surface area contributed by atoms with E-state index in [0.29, 0.717) is 12.1 Å². The standard InChI is InChI=1S/C12H14N2S/c1-9(2)8-14-11-5-4-6-12(15-3)10(11)7-13/h4-6,14H,1,8H2,2-3H3. The Labute approximate surface area is 95.0 Å². The summed E-state index contributed by atoms with van der Waals surface area (Å²) in [7, 11) is 0. The fourth-order valence-electron chi connectivity index (χ4n) is 1.21. The van der Waals surface area contributed by atoms with Crippen molar-refractivity contribution in [3.8, 4) is 6.07 Å². The van der Waals surface area contributed by atoms with Gasteiger partial charge in [0.05, 0.1) is 11.3 Å². The van der Waals surface area contributed by atoms with Gasteiger partial charge in [-0.05, 0) is 25.3 Å². The van der Waals surface area contributed by atoms with Crippen LogP contribution in [-0.2, 0) is 0 Å². The van der Waals surface area contributed by atoms with Crippen LogP contribution in [0, 0.1) is 11.3 Å². The summed E-state index contributed by atoms with van der Waals surface area (Å²) in [6.45, 7) is 6.47. The van der Waals surface area contributed by atoms with Crippen molar-refractivity contribution in [3.05, 3.63) is 35.9 Å². The smallest absolute Gasteiger partial charge is 0.102 e. The molecule has 1 aromatic carbocycles. The van der Waals surface area contributed by atoms with Gasteiger partial charge < -0.3 is 5.32 Å². The molecule has 1 aromatic rings. The van der Waals surface area contributed by atoms with Crippen LogP contribution < -0.4 is 5.32 Å². The second-order valence-electron chi connectivity index (χ2n) is 3.31. The predicted molar refractivity (Wildman–Crippen MR) is 66.2 cm³/mol. The zero-order valence-corrected chi connectivity index (χ0v) is 9.82. The van der Waals surface area contributed by atoms with E-state index in [-0.39, 0.29) is 0 Å². The van der Waals surface area contributed by atoms with Gasteiger partial charge in [0.1, 0.15) is 6.07 Å². The SMILES string of the molecule is C=C(C)CNc1cccc(SC)c1C#N. The summed E-state index contributed by atoms with van der Waals surface area (Å²) < 4.78 is 0. The van der Waals surface area contributed by atoms with Crippen LogP contribution in [0.5, 0.6) is 0 Å². The fraction of sp³-hybridized carbons (Fsp3) is 0.250. The van der Waals surface area contributed by atoms with E-state index in [4.69, 9.17) is 5.26 Å². The fourth-order valence-corrected chi connectivity index (χ4v) is 1.78. The van der Waals surface area contributed by atoms with Crippen LogP contribution in [0.25, 0.3) is 0 Å². The number of anilines is 1. The lowest BCUT2D eigenvalue weighted by Crippen LogP contribution is -2.04. The lowest BCUT2D eigenvalue weighted by Gasteiger charge is -2.10. The van der Waals surface area contributed by atoms with E-state index in [0.717, 1.165) is 16.2 Å². The average Bonchev–Trinajstić information content (AvgIpc) is 2.25. The molecular weight excluding hydrogens is 204 g/mol. The number of hydrogen-bond acceptors (Lipinski definition) is 3. The molecule has 0 atom stereocenters. The highest BCUT2D eigenvalue weighted by Gasteiger charge is 2.06. The number of nitriles is 1. The molecule has 1 N–H and O–H groups in total. The van der Waals surface area contributed by atoms with Crippen molar-refractivity contribution in [2.24, 2.45) is 0 Å². The van der Waals surface area contributed by atoms with Crippen molar-refractivity contribution >= 4 is 17.4 Å². The van der Waals surface area contributed by atoms with Crippen LogP contribution >= 0.6 is 11.8 Å². The van der Waals surface area contributed by atoms with Gasteiger partial charge in [-0.15, -0.1) is 11.8 Å². The summed E-state index contributed by atoms with van der Waals surface area (Å²) in [5, 5.41) is 12.3. The van der Waals surface area contributed by atoms with E-state index in [1.165, 1.54) is 0 Å². The second kappa shape index (κ2) is 5.47. The first-order valence-corrected chi connectivity index (χ1v) is 5.87. The van der Waals surface area contributed by atoms with Crippen molar-refractivity contribution < 1.29 is 0 Å². The molecule has 0 aliphatic heterocycles. The third kappa shape index (κ3) is 3.03. The van der Waals surface area contributed by atoms with Crippen LogP contribution in [0.2, 0.25) is 0 Å². The zero-order chi connectivity index (χ0) is 11.3. The second-order valence-corrected chi connectivity index (χ2v) is 4.15. The third-order valence-electron chi connectivity index (χ3n) is 1.94. The molecular formula is C12H14N2S. The Morgan fingerprint density at radius 2 is 2.33 bits per heavy atom. The molecule has 0 aromatic heterocycles. The largest absolute Gasteiger partial charge is 0.380 e. The molecule has 0 fully saturated rings. The summed E-state index contributed by atoms with van der Waals surface area (Å²) in [5.41, 5.74) is 2.65. The minimum Gasteiger partial charge on any atom is -0.380 e. The highest BCUT2D eigenvalue weighted by molar-refractivity contribution is 7.98. The predicted octanol–water partition coefficient (Wildman–Crippen LogP) is 3.27. The Balaban J connectivity index is 2.97. The molecule has 78 valence electrons. The van der Waals surface area contributed by atoms with Gasteiger partial charge in [0, 0.05) is 11.4 Å². The number of nitrogens with zero attached hydrogens (tertiary/aromatic N) is 1. The van der Waals surface area contributed by atoms with Gasteiger partial charge in [-0.25, -0.2) is 0 Å². The molecule has 1 rings (SSSR count). The summed E-state index contributed by atoms with van der Waals surface area (Å²) in [6, 6.07) is 8.05. The van der Waals surface area contributed by atoms with E-state index < -0.39 is 0 Å². The first-order chi connectivity index (χ1) is 7.19. The van der Waals surface area contributed by atoms with Gasteiger partial charge in [0.2, 0.25) is 0 Å². The first-order valence-electron chi connectivity index (χ1n) is 4.64. The molecule has 0 radical (unpaired) electrons. The number of hydrogen-bond donors (Lipinski definition) is 1. The highest BCUT2D eigenvalue weighted by Crippen LogP contribution is 2.26. The summed E-state index contributed by atoms with van der Waals surface area (Å²) >= 11 is 1.58. The number of thioether (sulfide) groups is 1. The Morgan fingerprint density at radius 1 is 1.60 bits per heavy atom. The molecule has 0 aliphatic carbocycles. The first kappa shape index (κ1) is 11.7. The van der Waals surface area contributed by atoms with Crippen LogP contribution in [0.4, 0.5) is 5.69 Å². The van der Waals surface area contributed by atoms with Crippen molar-refractivity contribution in [2.75, 3.05) is 18.1 Å². The summed E-state index contributed by atoms with van der Waals surface area (Å²) in [5.74, 6) is 0. The molecule has 0 aliphatic rings. The number of nitrogens with one attached hydrogen (secondary N) is 1. The van der Waals surface area contributed by atoms with Gasteiger partial charge in [0.25, 0.3) is 0 Å². The maximum Gasteiger partial charge on any atom is 0.102 e. The molecule has 0 bridgehead atoms. The molecule has 0 saturated carbocycles. The van der Waals surface area contributed by atoms with Crippen molar-refractivity contribution in [1.29, 1.82) is 5.26 Å². The van der Waals surface area contributed by atoms with E-state index in [1.807, 2.05) is 31.4 Å². The maximum absolute atomic E-state index is 9.07. The monoisotopic (exact) mass is 218 g/mol. The lowest BCUT2D eigenvalue weighted by atomic mass is 10.2. The Hall–Kier alpha value is -1.40. The molecule has 0 spiro atoms. The molecule has 0 saturated heterocycles. The molecule has 2 nitrogen and oxygen atoms in total. The molecule has 0 amide bonds. The van der Waals surface area contributed by atoms with Crippen LogP contribution in [0.3, 0.4) is 0 Å². The summed E-state index contributed by atoms with van der Waals surface area (Å²) in [4.78, 5) is 1.00. The Morgan fingerprint density at radius 3 is 2.87 bits per heavy atom. The van der Waals surface area contributed by atoms with E-state index in [1.54, 1.807) is 11.8 Å². The maximum atomic E-state index is 9.07. The van der Waals surface area contributed by atoms with Crippen LogP contribution in [-0.4, -0.2) is 12.8 Å².